The van der Waals surface area contributed by atoms with Crippen LogP contribution in [-0.4, -0.2) is 58.7 Å². The molecular formula is C11H22N2O4S. The van der Waals surface area contributed by atoms with E-state index in [4.69, 9.17) is 4.74 Å². The number of ether oxygens (including phenoxy) is 1. The van der Waals surface area contributed by atoms with Gasteiger partial charge in [0.05, 0.1) is 24.7 Å². The molecule has 2 unspecified atom stereocenters. The summed E-state index contributed by atoms with van der Waals surface area (Å²) >= 11 is 0. The normalized spacial score (nSPS) is 23.8. The van der Waals surface area contributed by atoms with E-state index < -0.39 is 9.84 Å². The van der Waals surface area contributed by atoms with E-state index in [9.17, 15) is 13.2 Å². The Morgan fingerprint density at radius 1 is 1.50 bits per heavy atom. The Hall–Kier alpha value is -0.660. The van der Waals surface area contributed by atoms with Crippen LogP contribution in [-0.2, 0) is 19.4 Å². The van der Waals surface area contributed by atoms with Crippen molar-refractivity contribution >= 4 is 15.7 Å². The molecule has 0 spiro atoms. The maximum Gasteiger partial charge on any atom is 0.234 e. The third-order valence-corrected chi connectivity index (χ3v) is 4.71. The Morgan fingerprint density at radius 3 is 2.78 bits per heavy atom. The summed E-state index contributed by atoms with van der Waals surface area (Å²) in [7, 11) is -1.24. The number of sulfone groups is 1. The lowest BCUT2D eigenvalue weighted by Gasteiger charge is -2.14. The van der Waals surface area contributed by atoms with Crippen molar-refractivity contribution in [2.75, 3.05) is 38.3 Å². The second kappa shape index (κ2) is 7.06. The molecule has 1 saturated heterocycles. The second-order valence-corrected chi connectivity index (χ2v) is 7.05. The molecule has 0 aromatic heterocycles. The predicted octanol–water partition coefficient (Wildman–Crippen LogP) is -0.838. The van der Waals surface area contributed by atoms with Crippen LogP contribution in [0.1, 0.15) is 13.3 Å². The van der Waals surface area contributed by atoms with Crippen LogP contribution >= 0.6 is 0 Å². The molecule has 2 N–H and O–H groups in total. The lowest BCUT2D eigenvalue weighted by atomic mass is 10.1. The fourth-order valence-corrected chi connectivity index (χ4v) is 3.90. The van der Waals surface area contributed by atoms with Crippen LogP contribution in [0.3, 0.4) is 0 Å². The van der Waals surface area contributed by atoms with Crippen LogP contribution in [0.15, 0.2) is 0 Å². The number of hydrogen-bond acceptors (Lipinski definition) is 5. The molecular weight excluding hydrogens is 256 g/mol. The van der Waals surface area contributed by atoms with Crippen molar-refractivity contribution in [3.63, 3.8) is 0 Å². The van der Waals surface area contributed by atoms with Crippen LogP contribution in [0.5, 0.6) is 0 Å². The first-order valence-electron chi connectivity index (χ1n) is 6.12. The van der Waals surface area contributed by atoms with Crippen molar-refractivity contribution in [3.8, 4) is 0 Å². The minimum absolute atomic E-state index is 0.0174. The molecule has 0 aliphatic carbocycles. The highest BCUT2D eigenvalue weighted by atomic mass is 32.2. The Kier molecular flexibility index (Phi) is 6.04. The van der Waals surface area contributed by atoms with E-state index in [0.717, 1.165) is 0 Å². The third kappa shape index (κ3) is 5.79. The molecule has 6 nitrogen and oxygen atoms in total. The molecule has 7 heteroatoms. The largest absolute Gasteiger partial charge is 0.383 e. The molecule has 0 saturated carbocycles. The summed E-state index contributed by atoms with van der Waals surface area (Å²) in [6.45, 7) is 3.13. The molecule has 1 aliphatic heterocycles. The van der Waals surface area contributed by atoms with Crippen molar-refractivity contribution < 1.29 is 17.9 Å². The fourth-order valence-electron chi connectivity index (χ4n) is 2.04. The summed E-state index contributed by atoms with van der Waals surface area (Å²) in [5, 5.41) is 5.77. The van der Waals surface area contributed by atoms with Gasteiger partial charge in [-0.25, -0.2) is 8.42 Å². The maximum absolute atomic E-state index is 11.5. The number of methoxy groups -OCH3 is 1. The molecule has 0 aromatic rings. The highest BCUT2D eigenvalue weighted by Crippen LogP contribution is 2.16. The quantitative estimate of drug-likeness (QED) is 0.634. The summed E-state index contributed by atoms with van der Waals surface area (Å²) in [4.78, 5) is 11.5. The van der Waals surface area contributed by atoms with E-state index in [1.54, 1.807) is 7.11 Å². The topological polar surface area (TPSA) is 84.5 Å². The standard InChI is InChI=1S/C11H22N2O4S/c1-9(7-17-2)13-11(14)6-12-5-10-3-4-18(15,16)8-10/h9-10,12H,3-8H2,1-2H3,(H,13,14). The zero-order chi connectivity index (χ0) is 13.6. The van der Waals surface area contributed by atoms with Gasteiger partial charge >= 0.3 is 0 Å². The fraction of sp³-hybridized carbons (Fsp3) is 0.909. The number of rotatable bonds is 7. The molecule has 1 rings (SSSR count). The van der Waals surface area contributed by atoms with Gasteiger partial charge in [0.25, 0.3) is 0 Å². The maximum atomic E-state index is 11.5. The van der Waals surface area contributed by atoms with E-state index in [1.165, 1.54) is 0 Å². The minimum atomic E-state index is -2.83. The number of hydrogen-bond donors (Lipinski definition) is 2. The van der Waals surface area contributed by atoms with Gasteiger partial charge in [-0.05, 0) is 25.8 Å². The van der Waals surface area contributed by atoms with Crippen LogP contribution in [0.4, 0.5) is 0 Å². The van der Waals surface area contributed by atoms with Gasteiger partial charge in [0, 0.05) is 13.2 Å². The number of carbonyl (C=O) groups excluding carboxylic acids is 1. The summed E-state index contributed by atoms with van der Waals surface area (Å²) < 4.78 is 27.4. The van der Waals surface area contributed by atoms with Gasteiger partial charge in [0.15, 0.2) is 9.84 Å². The van der Waals surface area contributed by atoms with Crippen LogP contribution in [0.25, 0.3) is 0 Å². The van der Waals surface area contributed by atoms with Gasteiger partial charge in [-0.3, -0.25) is 4.79 Å². The zero-order valence-corrected chi connectivity index (χ0v) is 11.8. The molecule has 0 bridgehead atoms. The predicted molar refractivity (Wildman–Crippen MR) is 69.1 cm³/mol. The smallest absolute Gasteiger partial charge is 0.234 e. The van der Waals surface area contributed by atoms with Crippen LogP contribution < -0.4 is 10.6 Å². The monoisotopic (exact) mass is 278 g/mol. The summed E-state index contributed by atoms with van der Waals surface area (Å²) in [6.07, 6.45) is 0.691. The second-order valence-electron chi connectivity index (χ2n) is 4.82. The molecule has 1 amide bonds. The lowest BCUT2D eigenvalue weighted by molar-refractivity contribution is -0.121. The molecule has 18 heavy (non-hydrogen) atoms. The van der Waals surface area contributed by atoms with E-state index in [0.29, 0.717) is 19.6 Å². The van der Waals surface area contributed by atoms with Crippen LogP contribution in [0, 0.1) is 5.92 Å². The highest BCUT2D eigenvalue weighted by Gasteiger charge is 2.27. The Balaban J connectivity index is 2.13. The van der Waals surface area contributed by atoms with Crippen molar-refractivity contribution in [2.45, 2.75) is 19.4 Å². The molecule has 2 atom stereocenters. The van der Waals surface area contributed by atoms with Crippen LogP contribution in [0.2, 0.25) is 0 Å². The van der Waals surface area contributed by atoms with Crippen molar-refractivity contribution in [3.05, 3.63) is 0 Å². The molecule has 1 heterocycles. The molecule has 0 radical (unpaired) electrons. The van der Waals surface area contributed by atoms with Gasteiger partial charge in [0.2, 0.25) is 5.91 Å². The lowest BCUT2D eigenvalue weighted by Crippen LogP contribution is -2.42. The van der Waals surface area contributed by atoms with Gasteiger partial charge in [-0.2, -0.15) is 0 Å². The third-order valence-electron chi connectivity index (χ3n) is 2.87. The highest BCUT2D eigenvalue weighted by molar-refractivity contribution is 7.91. The molecule has 1 fully saturated rings. The van der Waals surface area contributed by atoms with E-state index in [2.05, 4.69) is 10.6 Å². The zero-order valence-electron chi connectivity index (χ0n) is 10.9. The van der Waals surface area contributed by atoms with E-state index in [-0.39, 0.29) is 35.9 Å². The number of nitrogens with one attached hydrogen (secondary N) is 2. The van der Waals surface area contributed by atoms with Gasteiger partial charge in [-0.15, -0.1) is 0 Å². The van der Waals surface area contributed by atoms with Crippen molar-refractivity contribution in [1.29, 1.82) is 0 Å². The Bertz CT molecular complexity index is 369. The van der Waals surface area contributed by atoms with E-state index in [1.807, 2.05) is 6.92 Å². The Morgan fingerprint density at radius 2 is 2.22 bits per heavy atom. The number of amides is 1. The van der Waals surface area contributed by atoms with E-state index >= 15 is 0 Å². The molecule has 1 aliphatic rings. The first kappa shape index (κ1) is 15.4. The summed E-state index contributed by atoms with van der Waals surface area (Å²) in [5.41, 5.74) is 0. The Labute approximate surface area is 108 Å². The van der Waals surface area contributed by atoms with Gasteiger partial charge in [0.1, 0.15) is 0 Å². The molecule has 0 aromatic carbocycles. The van der Waals surface area contributed by atoms with Gasteiger partial charge in [-0.1, -0.05) is 0 Å². The van der Waals surface area contributed by atoms with Crippen molar-refractivity contribution in [2.24, 2.45) is 5.92 Å². The minimum Gasteiger partial charge on any atom is -0.383 e. The van der Waals surface area contributed by atoms with Crippen molar-refractivity contribution in [1.82, 2.24) is 10.6 Å². The molecule has 106 valence electrons. The first-order valence-corrected chi connectivity index (χ1v) is 7.94. The summed E-state index contributed by atoms with van der Waals surface area (Å²) in [5.74, 6) is 0.553. The first-order chi connectivity index (χ1) is 8.43. The summed E-state index contributed by atoms with van der Waals surface area (Å²) in [6, 6.07) is -0.0174. The van der Waals surface area contributed by atoms with Gasteiger partial charge < -0.3 is 15.4 Å². The average Bonchev–Trinajstić information content (AvgIpc) is 2.58. The average molecular weight is 278 g/mol. The SMILES string of the molecule is COCC(C)NC(=O)CNCC1CCS(=O)(=O)C1. The number of carbonyl (C=O) groups is 1.